The highest BCUT2D eigenvalue weighted by Crippen LogP contribution is 2.36. The Morgan fingerprint density at radius 3 is 1.87 bits per heavy atom. The van der Waals surface area contributed by atoms with Crippen LogP contribution in [0, 0.1) is 0 Å². The Hall–Kier alpha value is -5.82. The summed E-state index contributed by atoms with van der Waals surface area (Å²) >= 11 is 0. The van der Waals surface area contributed by atoms with Gasteiger partial charge in [-0.2, -0.15) is 0 Å². The van der Waals surface area contributed by atoms with Gasteiger partial charge in [-0.15, -0.1) is 0 Å². The molecule has 0 saturated carbocycles. The molecule has 62 heavy (non-hydrogen) atoms. The number of aromatic amines is 2. The largest absolute Gasteiger partial charge is 0.465 e. The van der Waals surface area contributed by atoms with Gasteiger partial charge in [-0.25, -0.2) is 19.6 Å². The summed E-state index contributed by atoms with van der Waals surface area (Å²) in [5, 5.41) is 12.4. The van der Waals surface area contributed by atoms with Crippen molar-refractivity contribution in [2.24, 2.45) is 0 Å². The van der Waals surface area contributed by atoms with Gasteiger partial charge in [-0.1, -0.05) is 48.5 Å². The lowest BCUT2D eigenvalue weighted by molar-refractivity contribution is -0.141. The summed E-state index contributed by atoms with van der Waals surface area (Å²) < 4.78 is 26.7. The van der Waals surface area contributed by atoms with E-state index in [0.717, 1.165) is 57.8 Å². The zero-order chi connectivity index (χ0) is 44.7. The Morgan fingerprint density at radius 2 is 1.32 bits per heavy atom. The van der Waals surface area contributed by atoms with Gasteiger partial charge in [0.2, 0.25) is 11.8 Å². The second-order valence-electron chi connectivity index (χ2n) is 15.6. The number of methoxy groups -OCH3 is 5. The van der Waals surface area contributed by atoms with Gasteiger partial charge in [0.1, 0.15) is 23.7 Å². The molecule has 4 N–H and O–H groups in total. The summed E-state index contributed by atoms with van der Waals surface area (Å²) in [6.45, 7) is 4.39. The van der Waals surface area contributed by atoms with Crippen LogP contribution in [0.3, 0.4) is 0 Å². The average molecular weight is 859 g/mol. The van der Waals surface area contributed by atoms with Crippen molar-refractivity contribution in [2.45, 2.75) is 88.6 Å². The van der Waals surface area contributed by atoms with Gasteiger partial charge in [0, 0.05) is 66.3 Å². The predicted octanol–water partition coefficient (Wildman–Crippen LogP) is 5.40. The summed E-state index contributed by atoms with van der Waals surface area (Å²) in [4.78, 5) is 72.7. The summed E-state index contributed by atoms with van der Waals surface area (Å²) in [7, 11) is 8.72. The van der Waals surface area contributed by atoms with Crippen LogP contribution >= 0.6 is 0 Å². The average Bonchev–Trinajstić information content (AvgIpc) is 4.14. The third-order valence-corrected chi connectivity index (χ3v) is 12.0. The highest BCUT2D eigenvalue weighted by molar-refractivity contribution is 5.87. The van der Waals surface area contributed by atoms with Crippen molar-refractivity contribution < 1.29 is 48.0 Å². The lowest BCUT2D eigenvalue weighted by Crippen LogP contribution is -2.54. The van der Waals surface area contributed by atoms with E-state index in [2.05, 4.69) is 20.3 Å². The number of nitrogens with zero attached hydrogens (tertiary/aromatic N) is 5. The van der Waals surface area contributed by atoms with Gasteiger partial charge in [-0.3, -0.25) is 14.5 Å². The number of imidazole rings is 2. The van der Waals surface area contributed by atoms with Gasteiger partial charge in [0.05, 0.1) is 49.0 Å². The quantitative estimate of drug-likeness (QED) is 0.0984. The molecule has 6 rings (SSSR count). The molecular weight excluding hydrogens is 801 g/mol. The van der Waals surface area contributed by atoms with Crippen LogP contribution in [0.4, 0.5) is 9.59 Å². The molecule has 334 valence electrons. The van der Waals surface area contributed by atoms with Crippen LogP contribution < -0.4 is 5.32 Å². The van der Waals surface area contributed by atoms with E-state index < -0.39 is 48.8 Å². The first-order chi connectivity index (χ1) is 29.8. The minimum absolute atomic E-state index is 0.264. The smallest absolute Gasteiger partial charge is 0.407 e. The number of hydrogen-bond donors (Lipinski definition) is 4. The Balaban J connectivity index is 1.20. The summed E-state index contributed by atoms with van der Waals surface area (Å²) in [5.74, 6) is 0.660. The van der Waals surface area contributed by atoms with E-state index in [0.29, 0.717) is 43.3 Å². The predicted molar refractivity (Wildman–Crippen MR) is 228 cm³/mol. The molecular formula is C44H58N8O10. The number of rotatable bonds is 17. The monoisotopic (exact) mass is 858 g/mol. The second-order valence-corrected chi connectivity index (χ2v) is 15.6. The zero-order valence-electron chi connectivity index (χ0n) is 36.5. The molecule has 0 aliphatic carbocycles. The summed E-state index contributed by atoms with van der Waals surface area (Å²) in [6.07, 6.45) is 1.32. The Kier molecular flexibility index (Phi) is 15.0. The third kappa shape index (κ3) is 9.78. The lowest BCUT2D eigenvalue weighted by atomic mass is 10.0. The zero-order valence-corrected chi connectivity index (χ0v) is 36.5. The first-order valence-electron chi connectivity index (χ1n) is 20.7. The van der Waals surface area contributed by atoms with Gasteiger partial charge in [0.15, 0.2) is 6.29 Å². The third-order valence-electron chi connectivity index (χ3n) is 12.0. The maximum atomic E-state index is 14.0. The van der Waals surface area contributed by atoms with Crippen LogP contribution in [-0.4, -0.2) is 150 Å². The minimum Gasteiger partial charge on any atom is -0.465 e. The number of hydrogen-bond acceptors (Lipinski definition) is 11. The van der Waals surface area contributed by atoms with E-state index in [4.69, 9.17) is 28.7 Å². The molecule has 4 aromatic rings. The molecule has 1 unspecified atom stereocenters. The SMILES string of the molecule is COC(=O)N[C@H](C(=O)N1CCC[C@H]1c1ncc(-c2ccc(-c3ccc(-c4nc([C@@H]5CCCN5C(=O)[C@H]([C@@H](C)OC)N(C)C(=O)O)[nH]c4CC(OC)OC)cc3)cc2)[nH]1)C(C)OC. The molecule has 18 heteroatoms. The molecule has 4 amide bonds. The normalized spacial score (nSPS) is 18.4. The summed E-state index contributed by atoms with van der Waals surface area (Å²) in [6, 6.07) is 13.6. The Labute approximate surface area is 361 Å². The van der Waals surface area contributed by atoms with Crippen molar-refractivity contribution in [1.82, 2.24) is 40.0 Å². The number of ether oxygens (including phenoxy) is 5. The van der Waals surface area contributed by atoms with Crippen molar-refractivity contribution >= 4 is 24.0 Å². The van der Waals surface area contributed by atoms with Crippen LogP contribution in [0.25, 0.3) is 33.6 Å². The maximum absolute atomic E-state index is 14.0. The standard InChI is InChI=1S/C44H58N8O10/c1-25(58-4)36(49-43(55)62-8)41(53)51-21-9-11-33(51)39-45-24-32(47-39)29-17-13-27(14-18-29)28-15-19-30(20-16-28)37-31(23-35(60-6)61-7)46-40(48-37)34-12-10-22-52(34)42(54)38(26(2)59-5)50(3)44(56)57/h13-20,24-26,33-36,38H,9-12,21-23H2,1-8H3,(H,45,47)(H,46,48)(H,49,55)(H,56,57)/t25?,26-,33+,34+,36+,38+/m1/s1. The number of carbonyl (C=O) groups excluding carboxylic acids is 3. The first-order valence-corrected chi connectivity index (χ1v) is 20.7. The van der Waals surface area contributed by atoms with E-state index in [1.165, 1.54) is 28.4 Å². The van der Waals surface area contributed by atoms with E-state index in [-0.39, 0.29) is 17.9 Å². The van der Waals surface area contributed by atoms with E-state index in [1.54, 1.807) is 44.1 Å². The van der Waals surface area contributed by atoms with Crippen LogP contribution in [0.5, 0.6) is 0 Å². The number of amides is 4. The molecule has 0 spiro atoms. The molecule has 2 aromatic carbocycles. The number of carbonyl (C=O) groups is 4. The molecule has 2 aliphatic heterocycles. The molecule has 6 atom stereocenters. The van der Waals surface area contributed by atoms with Crippen molar-refractivity contribution in [2.75, 3.05) is 55.7 Å². The molecule has 0 radical (unpaired) electrons. The summed E-state index contributed by atoms with van der Waals surface area (Å²) in [5.41, 5.74) is 6.06. The number of aromatic nitrogens is 4. The van der Waals surface area contributed by atoms with Crippen molar-refractivity contribution in [3.8, 4) is 33.6 Å². The second kappa shape index (κ2) is 20.4. The number of H-pyrrole nitrogens is 2. The van der Waals surface area contributed by atoms with Gasteiger partial charge in [0.25, 0.3) is 0 Å². The van der Waals surface area contributed by atoms with Gasteiger partial charge >= 0.3 is 12.2 Å². The highest BCUT2D eigenvalue weighted by Gasteiger charge is 2.42. The number of alkyl carbamates (subject to hydrolysis) is 1. The van der Waals surface area contributed by atoms with E-state index in [9.17, 15) is 24.3 Å². The molecule has 2 aromatic heterocycles. The maximum Gasteiger partial charge on any atom is 0.407 e. The number of nitrogens with one attached hydrogen (secondary N) is 3. The number of likely N-dealkylation sites (tertiary alicyclic amines) is 2. The van der Waals surface area contributed by atoms with Crippen LogP contribution in [0.2, 0.25) is 0 Å². The Bertz CT molecular complexity index is 2150. The van der Waals surface area contributed by atoms with E-state index >= 15 is 0 Å². The number of likely N-dealkylation sites (N-methyl/N-ethyl adjacent to an activating group) is 1. The molecule has 4 heterocycles. The fourth-order valence-electron chi connectivity index (χ4n) is 8.33. The van der Waals surface area contributed by atoms with Crippen molar-refractivity contribution in [1.29, 1.82) is 0 Å². The molecule has 2 aliphatic rings. The van der Waals surface area contributed by atoms with Crippen LogP contribution in [0.15, 0.2) is 54.7 Å². The van der Waals surface area contributed by atoms with Crippen LogP contribution in [0.1, 0.15) is 69.0 Å². The number of benzene rings is 2. The lowest BCUT2D eigenvalue weighted by Gasteiger charge is -2.34. The molecule has 2 fully saturated rings. The van der Waals surface area contributed by atoms with E-state index in [1.807, 2.05) is 48.5 Å². The highest BCUT2D eigenvalue weighted by atomic mass is 16.7. The first kappa shape index (κ1) is 45.7. The van der Waals surface area contributed by atoms with Gasteiger partial charge < -0.3 is 53.9 Å². The molecule has 2 saturated heterocycles. The Morgan fingerprint density at radius 1 is 0.774 bits per heavy atom. The molecule has 0 bridgehead atoms. The van der Waals surface area contributed by atoms with Gasteiger partial charge in [-0.05, 0) is 56.2 Å². The molecule has 18 nitrogen and oxygen atoms in total. The van der Waals surface area contributed by atoms with Crippen molar-refractivity contribution in [3.05, 3.63) is 72.1 Å². The number of carboxylic acid groups (broad SMARTS) is 1. The fraction of sp³-hybridized carbons (Fsp3) is 0.500. The van der Waals surface area contributed by atoms with Crippen LogP contribution in [-0.2, 0) is 39.7 Å². The van der Waals surface area contributed by atoms with Crippen molar-refractivity contribution in [3.63, 3.8) is 0 Å². The minimum atomic E-state index is -1.22. The topological polar surface area (TPSA) is 214 Å². The fourth-order valence-corrected chi connectivity index (χ4v) is 8.33.